The molecule has 19 heavy (non-hydrogen) atoms. The van der Waals surface area contributed by atoms with Crippen LogP contribution in [0.25, 0.3) is 11.0 Å². The topological polar surface area (TPSA) is 17.8 Å². The molecular formula is C13H15ClF2N2S. The predicted molar refractivity (Wildman–Crippen MR) is 76.9 cm³/mol. The van der Waals surface area contributed by atoms with Gasteiger partial charge in [0.15, 0.2) is 11.6 Å². The second-order valence-electron chi connectivity index (χ2n) is 4.47. The summed E-state index contributed by atoms with van der Waals surface area (Å²) < 4.78 is 29.1. The number of benzene rings is 1. The van der Waals surface area contributed by atoms with Crippen molar-refractivity contribution in [3.63, 3.8) is 0 Å². The summed E-state index contributed by atoms with van der Waals surface area (Å²) in [4.78, 5) is 4.32. The zero-order chi connectivity index (χ0) is 14.2. The van der Waals surface area contributed by atoms with Crippen LogP contribution in [0.2, 0.25) is 0 Å². The summed E-state index contributed by atoms with van der Waals surface area (Å²) in [6.07, 6.45) is 1.98. The molecule has 2 unspecified atom stereocenters. The molecule has 0 N–H and O–H groups in total. The Balaban J connectivity index is 2.67. The van der Waals surface area contributed by atoms with E-state index in [1.807, 2.05) is 13.2 Å². The van der Waals surface area contributed by atoms with E-state index in [-0.39, 0.29) is 16.1 Å². The van der Waals surface area contributed by atoms with Gasteiger partial charge >= 0.3 is 0 Å². The Kier molecular flexibility index (Phi) is 4.36. The minimum absolute atomic E-state index is 0.198. The zero-order valence-corrected chi connectivity index (χ0v) is 12.5. The van der Waals surface area contributed by atoms with Crippen LogP contribution in [0.4, 0.5) is 8.78 Å². The zero-order valence-electron chi connectivity index (χ0n) is 11.0. The molecule has 0 fully saturated rings. The number of halogens is 3. The number of aromatic nitrogens is 2. The number of fused-ring (bicyclic) bond motifs is 1. The van der Waals surface area contributed by atoms with Crippen molar-refractivity contribution in [2.75, 3.05) is 6.26 Å². The Morgan fingerprint density at radius 2 is 2.05 bits per heavy atom. The number of imidazole rings is 1. The van der Waals surface area contributed by atoms with Crippen LogP contribution in [0, 0.1) is 11.6 Å². The monoisotopic (exact) mass is 304 g/mol. The lowest BCUT2D eigenvalue weighted by molar-refractivity contribution is 0.510. The average Bonchev–Trinajstić information content (AvgIpc) is 2.73. The molecule has 0 aliphatic rings. The van der Waals surface area contributed by atoms with Gasteiger partial charge in [0.1, 0.15) is 11.3 Å². The molecule has 104 valence electrons. The van der Waals surface area contributed by atoms with Crippen LogP contribution < -0.4 is 0 Å². The molecule has 0 saturated carbocycles. The van der Waals surface area contributed by atoms with Crippen LogP contribution >= 0.6 is 23.4 Å². The summed E-state index contributed by atoms with van der Waals surface area (Å²) in [6.45, 7) is 4.35. The Bertz CT molecular complexity index is 598. The highest BCUT2D eigenvalue weighted by atomic mass is 35.5. The molecule has 0 bridgehead atoms. The minimum atomic E-state index is -0.862. The summed E-state index contributed by atoms with van der Waals surface area (Å²) >= 11 is 7.75. The van der Waals surface area contributed by atoms with Gasteiger partial charge in [-0.3, -0.25) is 0 Å². The highest BCUT2D eigenvalue weighted by Crippen LogP contribution is 2.28. The molecule has 1 heterocycles. The normalized spacial score (nSPS) is 14.8. The van der Waals surface area contributed by atoms with Crippen LogP contribution in [0.1, 0.15) is 25.0 Å². The molecule has 2 aromatic rings. The van der Waals surface area contributed by atoms with Crippen LogP contribution in [-0.2, 0) is 6.54 Å². The van der Waals surface area contributed by atoms with E-state index in [9.17, 15) is 8.78 Å². The number of rotatable bonds is 4. The van der Waals surface area contributed by atoms with Crippen molar-refractivity contribution in [3.05, 3.63) is 29.6 Å². The third-order valence-electron chi connectivity index (χ3n) is 3.03. The van der Waals surface area contributed by atoms with Gasteiger partial charge in [0, 0.05) is 11.8 Å². The van der Waals surface area contributed by atoms with Crippen molar-refractivity contribution in [3.8, 4) is 0 Å². The van der Waals surface area contributed by atoms with E-state index < -0.39 is 11.6 Å². The van der Waals surface area contributed by atoms with E-state index in [0.29, 0.717) is 17.9 Å². The van der Waals surface area contributed by atoms with E-state index in [0.717, 1.165) is 6.07 Å². The average molecular weight is 305 g/mol. The van der Waals surface area contributed by atoms with Crippen LogP contribution in [0.5, 0.6) is 0 Å². The van der Waals surface area contributed by atoms with Gasteiger partial charge in [-0.25, -0.2) is 13.8 Å². The molecule has 2 atom stereocenters. The van der Waals surface area contributed by atoms with Crippen molar-refractivity contribution in [2.45, 2.75) is 31.0 Å². The number of hydrogen-bond acceptors (Lipinski definition) is 2. The number of alkyl halides is 1. The second-order valence-corrected chi connectivity index (χ2v) is 6.40. The highest BCUT2D eigenvalue weighted by Gasteiger charge is 2.20. The van der Waals surface area contributed by atoms with Crippen molar-refractivity contribution < 1.29 is 8.78 Å². The molecule has 0 spiro atoms. The van der Waals surface area contributed by atoms with Gasteiger partial charge in [-0.15, -0.1) is 11.6 Å². The third-order valence-corrected chi connectivity index (χ3v) is 4.18. The molecule has 1 aromatic carbocycles. The largest absolute Gasteiger partial charge is 0.323 e. The number of thioether (sulfide) groups is 1. The fourth-order valence-electron chi connectivity index (χ4n) is 2.00. The Morgan fingerprint density at radius 3 is 2.63 bits per heavy atom. The molecule has 2 nitrogen and oxygen atoms in total. The van der Waals surface area contributed by atoms with Crippen LogP contribution in [-0.4, -0.2) is 21.1 Å². The van der Waals surface area contributed by atoms with E-state index in [2.05, 4.69) is 4.98 Å². The molecule has 1 aromatic heterocycles. The first-order valence-electron chi connectivity index (χ1n) is 5.96. The lowest BCUT2D eigenvalue weighted by Gasteiger charge is -2.14. The van der Waals surface area contributed by atoms with Crippen LogP contribution in [0.15, 0.2) is 12.1 Å². The lowest BCUT2D eigenvalue weighted by Crippen LogP contribution is -2.13. The Morgan fingerprint density at radius 1 is 1.37 bits per heavy atom. The number of hydrogen-bond donors (Lipinski definition) is 0. The predicted octanol–water partition coefficient (Wildman–Crippen LogP) is 4.37. The van der Waals surface area contributed by atoms with Crippen molar-refractivity contribution in [1.82, 2.24) is 9.55 Å². The Labute approximate surface area is 120 Å². The lowest BCUT2D eigenvalue weighted by atomic mass is 10.3. The standard InChI is InChI=1S/C13H15ClF2N2S/c1-7(19-3)6-18-12-10(17-13(18)8(2)14)5-4-9(15)11(12)16/h4-5,7-8H,6H2,1-3H3. The molecule has 6 heteroatoms. The van der Waals surface area contributed by atoms with Gasteiger partial charge in [0.05, 0.1) is 10.9 Å². The Hall–Kier alpha value is -0.810. The van der Waals surface area contributed by atoms with E-state index in [1.54, 1.807) is 23.3 Å². The van der Waals surface area contributed by atoms with Gasteiger partial charge in [0.2, 0.25) is 0 Å². The molecular weight excluding hydrogens is 290 g/mol. The summed E-state index contributed by atoms with van der Waals surface area (Å²) in [5, 5.41) is -0.0989. The maximum absolute atomic E-state index is 14.0. The second kappa shape index (κ2) is 5.67. The van der Waals surface area contributed by atoms with E-state index in [1.165, 1.54) is 6.07 Å². The highest BCUT2D eigenvalue weighted by molar-refractivity contribution is 7.99. The van der Waals surface area contributed by atoms with E-state index >= 15 is 0 Å². The third kappa shape index (κ3) is 2.72. The maximum atomic E-state index is 14.0. The first kappa shape index (κ1) is 14.6. The fourth-order valence-corrected chi connectivity index (χ4v) is 2.46. The van der Waals surface area contributed by atoms with Crippen molar-refractivity contribution in [2.24, 2.45) is 0 Å². The van der Waals surface area contributed by atoms with Gasteiger partial charge in [-0.2, -0.15) is 11.8 Å². The van der Waals surface area contributed by atoms with E-state index in [4.69, 9.17) is 11.6 Å². The van der Waals surface area contributed by atoms with Crippen molar-refractivity contribution in [1.29, 1.82) is 0 Å². The maximum Gasteiger partial charge on any atom is 0.184 e. The first-order valence-corrected chi connectivity index (χ1v) is 7.69. The quantitative estimate of drug-likeness (QED) is 0.781. The van der Waals surface area contributed by atoms with Gasteiger partial charge < -0.3 is 4.57 Å². The molecule has 0 radical (unpaired) electrons. The van der Waals surface area contributed by atoms with Gasteiger partial charge in [-0.1, -0.05) is 6.92 Å². The summed E-state index contributed by atoms with van der Waals surface area (Å²) in [7, 11) is 0. The smallest absolute Gasteiger partial charge is 0.184 e. The molecule has 0 aliphatic carbocycles. The summed E-state index contributed by atoms with van der Waals surface area (Å²) in [6, 6.07) is 2.58. The first-order chi connectivity index (χ1) is 8.95. The van der Waals surface area contributed by atoms with Gasteiger partial charge in [0.25, 0.3) is 0 Å². The fraction of sp³-hybridized carbons (Fsp3) is 0.462. The van der Waals surface area contributed by atoms with Crippen molar-refractivity contribution >= 4 is 34.4 Å². The molecule has 0 aliphatic heterocycles. The molecule has 0 saturated heterocycles. The summed E-state index contributed by atoms with van der Waals surface area (Å²) in [5.41, 5.74) is 0.637. The number of nitrogens with zero attached hydrogens (tertiary/aromatic N) is 2. The van der Waals surface area contributed by atoms with Gasteiger partial charge in [-0.05, 0) is 25.3 Å². The molecule has 0 amide bonds. The molecule has 2 rings (SSSR count). The van der Waals surface area contributed by atoms with Crippen LogP contribution in [0.3, 0.4) is 0 Å². The SMILES string of the molecule is CSC(C)Cn1c(C(C)Cl)nc2ccc(F)c(F)c21. The summed E-state index contributed by atoms with van der Waals surface area (Å²) in [5.74, 6) is -1.15. The minimum Gasteiger partial charge on any atom is -0.323 e.